The van der Waals surface area contributed by atoms with Gasteiger partial charge in [-0.2, -0.15) is 10.2 Å². The highest BCUT2D eigenvalue weighted by Gasteiger charge is 2.19. The van der Waals surface area contributed by atoms with E-state index in [1.165, 1.54) is 43.9 Å². The molecule has 1 aromatic heterocycles. The minimum atomic E-state index is -0.503. The molecule has 182 valence electrons. The normalized spacial score (nSPS) is 12.2. The van der Waals surface area contributed by atoms with Gasteiger partial charge in [0, 0.05) is 18.1 Å². The lowest BCUT2D eigenvalue weighted by atomic mass is 9.98. The molecule has 0 spiro atoms. The molecule has 0 saturated heterocycles. The molecule has 1 aliphatic carbocycles. The van der Waals surface area contributed by atoms with Crippen LogP contribution in [0.4, 0.5) is 0 Å². The average Bonchev–Trinajstić information content (AvgIpc) is 3.53. The summed E-state index contributed by atoms with van der Waals surface area (Å²) in [5, 5.41) is 13.6. The van der Waals surface area contributed by atoms with Crippen LogP contribution in [0.2, 0.25) is 0 Å². The summed E-state index contributed by atoms with van der Waals surface area (Å²) in [7, 11) is 2.89. The van der Waals surface area contributed by atoms with Crippen LogP contribution < -0.4 is 19.6 Å². The molecular weight excluding hydrogens is 460 g/mol. The number of amides is 1. The second-order valence-electron chi connectivity index (χ2n) is 8.33. The lowest BCUT2D eigenvalue weighted by Gasteiger charge is -2.13. The SMILES string of the molecule is COc1cc(C=NNC(=O)c2cc(-c3ccc4c5c(cccc35)CC4)n[nH]2)cc(OC)c1OC(C)=O. The van der Waals surface area contributed by atoms with E-state index in [0.29, 0.717) is 22.8 Å². The second-order valence-corrected chi connectivity index (χ2v) is 8.33. The third-order valence-electron chi connectivity index (χ3n) is 6.08. The van der Waals surface area contributed by atoms with Gasteiger partial charge in [-0.1, -0.05) is 30.3 Å². The summed E-state index contributed by atoms with van der Waals surface area (Å²) in [6.07, 6.45) is 3.53. The maximum Gasteiger partial charge on any atom is 0.308 e. The molecule has 0 aliphatic heterocycles. The smallest absolute Gasteiger partial charge is 0.308 e. The summed E-state index contributed by atoms with van der Waals surface area (Å²) in [4.78, 5) is 24.1. The minimum Gasteiger partial charge on any atom is -0.493 e. The molecule has 1 heterocycles. The Morgan fingerprint density at radius 1 is 1.03 bits per heavy atom. The van der Waals surface area contributed by atoms with Crippen molar-refractivity contribution in [1.82, 2.24) is 15.6 Å². The van der Waals surface area contributed by atoms with Crippen LogP contribution in [0.3, 0.4) is 0 Å². The van der Waals surface area contributed by atoms with Gasteiger partial charge in [-0.15, -0.1) is 0 Å². The Balaban J connectivity index is 1.34. The number of hydrogen-bond acceptors (Lipinski definition) is 7. The maximum atomic E-state index is 12.7. The van der Waals surface area contributed by atoms with Crippen LogP contribution >= 0.6 is 0 Å². The largest absolute Gasteiger partial charge is 0.493 e. The number of rotatable bonds is 7. The number of benzene rings is 3. The standard InChI is InChI=1S/C27H24N4O5/c1-15(32)36-26-23(34-2)11-16(12-24(26)35-3)14-28-31-27(33)22-13-21(29-30-22)19-10-9-18-8-7-17-5-4-6-20(19)25(17)18/h4-6,9-14H,7-8H2,1-3H3,(H,29,30)(H,31,33). The molecule has 1 amide bonds. The number of carbonyl (C=O) groups is 2. The number of aromatic nitrogens is 2. The summed E-state index contributed by atoms with van der Waals surface area (Å²) in [6.45, 7) is 1.29. The van der Waals surface area contributed by atoms with Crippen LogP contribution in [-0.4, -0.2) is 42.5 Å². The topological polar surface area (TPSA) is 115 Å². The van der Waals surface area contributed by atoms with Gasteiger partial charge in [0.1, 0.15) is 5.69 Å². The minimum absolute atomic E-state index is 0.168. The van der Waals surface area contributed by atoms with Crippen LogP contribution in [0.1, 0.15) is 34.1 Å². The molecule has 9 nitrogen and oxygen atoms in total. The third-order valence-corrected chi connectivity index (χ3v) is 6.08. The summed E-state index contributed by atoms with van der Waals surface area (Å²) in [5.41, 5.74) is 7.70. The Bertz CT molecular complexity index is 1490. The first-order chi connectivity index (χ1) is 17.5. The van der Waals surface area contributed by atoms with E-state index in [-0.39, 0.29) is 11.4 Å². The Hall–Kier alpha value is -4.66. The lowest BCUT2D eigenvalue weighted by Crippen LogP contribution is -2.18. The van der Waals surface area contributed by atoms with Crippen molar-refractivity contribution in [2.45, 2.75) is 19.8 Å². The predicted molar refractivity (Wildman–Crippen MR) is 135 cm³/mol. The number of ether oxygens (including phenoxy) is 3. The molecule has 0 radical (unpaired) electrons. The van der Waals surface area contributed by atoms with E-state index in [2.05, 4.69) is 51.1 Å². The summed E-state index contributed by atoms with van der Waals surface area (Å²) < 4.78 is 15.8. The third kappa shape index (κ3) is 4.26. The van der Waals surface area contributed by atoms with Crippen LogP contribution in [0.5, 0.6) is 17.2 Å². The molecule has 1 aliphatic rings. The summed E-state index contributed by atoms with van der Waals surface area (Å²) in [6, 6.07) is 15.5. The van der Waals surface area contributed by atoms with Crippen LogP contribution in [-0.2, 0) is 17.6 Å². The molecule has 2 N–H and O–H groups in total. The molecule has 4 aromatic rings. The highest BCUT2D eigenvalue weighted by atomic mass is 16.6. The molecule has 0 fully saturated rings. The van der Waals surface area contributed by atoms with Gasteiger partial charge in [-0.3, -0.25) is 14.7 Å². The van der Waals surface area contributed by atoms with Crippen LogP contribution in [0.15, 0.2) is 53.6 Å². The van der Waals surface area contributed by atoms with Crippen molar-refractivity contribution < 1.29 is 23.8 Å². The summed E-state index contributed by atoms with van der Waals surface area (Å²) >= 11 is 0. The number of aromatic amines is 1. The maximum absolute atomic E-state index is 12.7. The molecule has 0 bridgehead atoms. The highest BCUT2D eigenvalue weighted by molar-refractivity contribution is 6.02. The zero-order valence-corrected chi connectivity index (χ0v) is 20.0. The average molecular weight is 485 g/mol. The van der Waals surface area contributed by atoms with Gasteiger partial charge < -0.3 is 14.2 Å². The zero-order valence-electron chi connectivity index (χ0n) is 20.0. The number of aryl methyl sites for hydroxylation is 2. The number of carbonyl (C=O) groups excluding carboxylic acids is 2. The van der Waals surface area contributed by atoms with E-state index in [9.17, 15) is 9.59 Å². The van der Waals surface area contributed by atoms with Crippen molar-refractivity contribution in [1.29, 1.82) is 0 Å². The van der Waals surface area contributed by atoms with Crippen molar-refractivity contribution in [2.24, 2.45) is 5.10 Å². The quantitative estimate of drug-likeness (QED) is 0.177. The van der Waals surface area contributed by atoms with Crippen molar-refractivity contribution >= 4 is 28.9 Å². The number of esters is 1. The van der Waals surface area contributed by atoms with Gasteiger partial charge in [-0.05, 0) is 52.9 Å². The van der Waals surface area contributed by atoms with Gasteiger partial charge >= 0.3 is 5.97 Å². The first-order valence-corrected chi connectivity index (χ1v) is 11.4. The molecule has 9 heteroatoms. The molecule has 0 saturated carbocycles. The lowest BCUT2D eigenvalue weighted by molar-refractivity contribution is -0.132. The fraction of sp³-hybridized carbons (Fsp3) is 0.185. The molecule has 36 heavy (non-hydrogen) atoms. The fourth-order valence-electron chi connectivity index (χ4n) is 4.49. The van der Waals surface area contributed by atoms with Gasteiger partial charge in [-0.25, -0.2) is 5.43 Å². The Morgan fingerprint density at radius 3 is 2.44 bits per heavy atom. The van der Waals surface area contributed by atoms with Crippen molar-refractivity contribution in [3.05, 3.63) is 70.9 Å². The van der Waals surface area contributed by atoms with Gasteiger partial charge in [0.15, 0.2) is 11.5 Å². The highest BCUT2D eigenvalue weighted by Crippen LogP contribution is 2.38. The van der Waals surface area contributed by atoms with E-state index in [4.69, 9.17) is 14.2 Å². The number of hydrazone groups is 1. The molecular formula is C27H24N4O5. The molecule has 0 unspecified atom stereocenters. The van der Waals surface area contributed by atoms with Gasteiger partial charge in [0.05, 0.1) is 26.1 Å². The van der Waals surface area contributed by atoms with E-state index in [0.717, 1.165) is 23.8 Å². The number of nitrogens with zero attached hydrogens (tertiary/aromatic N) is 2. The predicted octanol–water partition coefficient (Wildman–Crippen LogP) is 4.03. The Labute approximate surface area is 207 Å². The number of nitrogens with one attached hydrogen (secondary N) is 2. The molecule has 3 aromatic carbocycles. The first kappa shape index (κ1) is 23.1. The van der Waals surface area contributed by atoms with Crippen LogP contribution in [0, 0.1) is 0 Å². The van der Waals surface area contributed by atoms with Crippen molar-refractivity contribution in [2.75, 3.05) is 14.2 Å². The van der Waals surface area contributed by atoms with E-state index in [1.54, 1.807) is 18.2 Å². The first-order valence-electron chi connectivity index (χ1n) is 11.4. The van der Waals surface area contributed by atoms with Gasteiger partial charge in [0.2, 0.25) is 5.75 Å². The van der Waals surface area contributed by atoms with E-state index in [1.807, 2.05) is 0 Å². The van der Waals surface area contributed by atoms with E-state index >= 15 is 0 Å². The van der Waals surface area contributed by atoms with Crippen LogP contribution in [0.25, 0.3) is 22.0 Å². The van der Waals surface area contributed by atoms with Gasteiger partial charge in [0.25, 0.3) is 5.91 Å². The molecule has 5 rings (SSSR count). The van der Waals surface area contributed by atoms with Crippen molar-refractivity contribution in [3.63, 3.8) is 0 Å². The summed E-state index contributed by atoms with van der Waals surface area (Å²) in [5.74, 6) is -0.189. The fourth-order valence-corrected chi connectivity index (χ4v) is 4.49. The number of H-pyrrole nitrogens is 1. The number of methoxy groups -OCH3 is 2. The zero-order chi connectivity index (χ0) is 25.2. The second kappa shape index (κ2) is 9.53. The number of hydrogen-bond donors (Lipinski definition) is 2. The Morgan fingerprint density at radius 2 is 1.75 bits per heavy atom. The monoisotopic (exact) mass is 484 g/mol. The Kier molecular flexibility index (Phi) is 6.12. The molecule has 0 atom stereocenters. The van der Waals surface area contributed by atoms with E-state index < -0.39 is 11.9 Å². The van der Waals surface area contributed by atoms with Crippen molar-refractivity contribution in [3.8, 4) is 28.5 Å².